The summed E-state index contributed by atoms with van der Waals surface area (Å²) in [5.41, 5.74) is 1.29. The number of hydrogen-bond acceptors (Lipinski definition) is 3. The van der Waals surface area contributed by atoms with Crippen LogP contribution in [-0.2, 0) is 6.42 Å². The summed E-state index contributed by atoms with van der Waals surface area (Å²) in [6, 6.07) is 4.28. The zero-order chi connectivity index (χ0) is 8.39. The summed E-state index contributed by atoms with van der Waals surface area (Å²) in [6.45, 7) is 0. The van der Waals surface area contributed by atoms with Crippen LogP contribution in [0.25, 0.3) is 0 Å². The predicted octanol–water partition coefficient (Wildman–Crippen LogP) is 2.01. The third kappa shape index (κ3) is 1.30. The molecule has 1 aliphatic heterocycles. The van der Waals surface area contributed by atoms with Crippen LogP contribution in [0.2, 0.25) is 0 Å². The molecule has 0 N–H and O–H groups in total. The van der Waals surface area contributed by atoms with E-state index in [9.17, 15) is 0 Å². The van der Waals surface area contributed by atoms with E-state index < -0.39 is 0 Å². The van der Waals surface area contributed by atoms with Crippen molar-refractivity contribution >= 4 is 11.8 Å². The third-order valence-corrected chi connectivity index (χ3v) is 3.23. The highest BCUT2D eigenvalue weighted by molar-refractivity contribution is 8.00. The smallest absolute Gasteiger partial charge is 0.0966 e. The maximum absolute atomic E-state index is 8.73. The topological polar surface area (TPSA) is 36.7 Å². The van der Waals surface area contributed by atoms with E-state index in [1.54, 1.807) is 18.0 Å². The molecule has 0 radical (unpaired) electrons. The van der Waals surface area contributed by atoms with Gasteiger partial charge < -0.3 is 0 Å². The van der Waals surface area contributed by atoms with E-state index in [4.69, 9.17) is 5.26 Å². The normalized spacial score (nSPS) is 21.1. The summed E-state index contributed by atoms with van der Waals surface area (Å²) in [4.78, 5) is 5.28. The lowest BCUT2D eigenvalue weighted by molar-refractivity contribution is 0.820. The van der Waals surface area contributed by atoms with Gasteiger partial charge in [-0.15, -0.1) is 11.8 Å². The molecule has 0 bridgehead atoms. The van der Waals surface area contributed by atoms with Crippen molar-refractivity contribution in [1.82, 2.24) is 4.98 Å². The van der Waals surface area contributed by atoms with Gasteiger partial charge in [-0.1, -0.05) is 0 Å². The summed E-state index contributed by atoms with van der Waals surface area (Å²) >= 11 is 1.66. The second-order valence-corrected chi connectivity index (χ2v) is 4.00. The predicted molar refractivity (Wildman–Crippen MR) is 47.8 cm³/mol. The van der Waals surface area contributed by atoms with Gasteiger partial charge in [0.2, 0.25) is 0 Å². The molecule has 1 aromatic heterocycles. The lowest BCUT2D eigenvalue weighted by Crippen LogP contribution is -2.08. The monoisotopic (exact) mass is 176 g/mol. The number of hydrogen-bond donors (Lipinski definition) is 0. The Morgan fingerprint density at radius 1 is 1.67 bits per heavy atom. The maximum atomic E-state index is 8.73. The number of nitriles is 1. The standard InChI is InChI=1S/C9H8N2S/c10-5-8-2-1-7-6-11-4-3-9(7)12-8/h3-4,6,8H,1-2H2. The van der Waals surface area contributed by atoms with Crippen LogP contribution in [0.3, 0.4) is 0 Å². The number of fused-ring (bicyclic) bond motifs is 1. The van der Waals surface area contributed by atoms with Crippen LogP contribution < -0.4 is 0 Å². The molecule has 0 spiro atoms. The van der Waals surface area contributed by atoms with Crippen LogP contribution in [0.15, 0.2) is 23.4 Å². The molecule has 60 valence electrons. The Morgan fingerprint density at radius 3 is 3.42 bits per heavy atom. The number of pyridine rings is 1. The van der Waals surface area contributed by atoms with Crippen molar-refractivity contribution < 1.29 is 0 Å². The van der Waals surface area contributed by atoms with E-state index in [0.29, 0.717) is 0 Å². The molecule has 2 nitrogen and oxygen atoms in total. The van der Waals surface area contributed by atoms with Crippen LogP contribution in [0.4, 0.5) is 0 Å². The van der Waals surface area contributed by atoms with E-state index in [1.165, 1.54) is 10.5 Å². The van der Waals surface area contributed by atoms with Crippen molar-refractivity contribution in [2.45, 2.75) is 23.0 Å². The van der Waals surface area contributed by atoms with E-state index in [1.807, 2.05) is 12.3 Å². The molecule has 1 unspecified atom stereocenters. The molecule has 2 rings (SSSR count). The van der Waals surface area contributed by atoms with Crippen LogP contribution in [0.1, 0.15) is 12.0 Å². The third-order valence-electron chi connectivity index (χ3n) is 1.95. The molecule has 0 aromatic carbocycles. The molecule has 0 amide bonds. The van der Waals surface area contributed by atoms with E-state index >= 15 is 0 Å². The number of aromatic nitrogens is 1. The van der Waals surface area contributed by atoms with Crippen LogP contribution in [0, 0.1) is 11.3 Å². The Balaban J connectivity index is 2.30. The second-order valence-electron chi connectivity index (χ2n) is 2.76. The maximum Gasteiger partial charge on any atom is 0.0966 e. The minimum absolute atomic E-state index is 0.139. The molecule has 1 aromatic rings. The average Bonchev–Trinajstić information content (AvgIpc) is 2.17. The van der Waals surface area contributed by atoms with Gasteiger partial charge in [0.1, 0.15) is 0 Å². The first kappa shape index (κ1) is 7.63. The van der Waals surface area contributed by atoms with E-state index in [-0.39, 0.29) is 5.25 Å². The first-order chi connectivity index (χ1) is 5.90. The summed E-state index contributed by atoms with van der Waals surface area (Å²) in [6.07, 6.45) is 5.63. The van der Waals surface area contributed by atoms with Crippen molar-refractivity contribution in [1.29, 1.82) is 5.26 Å². The highest BCUT2D eigenvalue weighted by Crippen LogP contribution is 2.33. The quantitative estimate of drug-likeness (QED) is 0.606. The summed E-state index contributed by atoms with van der Waals surface area (Å²) in [5.74, 6) is 0. The van der Waals surface area contributed by atoms with Crippen molar-refractivity contribution in [3.05, 3.63) is 24.0 Å². The molecular formula is C9H8N2S. The molecule has 3 heteroatoms. The molecule has 1 aliphatic rings. The minimum Gasteiger partial charge on any atom is -0.264 e. The van der Waals surface area contributed by atoms with E-state index in [0.717, 1.165) is 12.8 Å². The number of rotatable bonds is 0. The highest BCUT2D eigenvalue weighted by Gasteiger charge is 2.17. The first-order valence-corrected chi connectivity index (χ1v) is 4.77. The van der Waals surface area contributed by atoms with Crippen molar-refractivity contribution in [2.24, 2.45) is 0 Å². The lowest BCUT2D eigenvalue weighted by atomic mass is 10.1. The van der Waals surface area contributed by atoms with Gasteiger partial charge in [0, 0.05) is 17.3 Å². The number of nitrogens with zero attached hydrogens (tertiary/aromatic N) is 2. The van der Waals surface area contributed by atoms with Gasteiger partial charge in [-0.2, -0.15) is 5.26 Å². The first-order valence-electron chi connectivity index (χ1n) is 3.89. The van der Waals surface area contributed by atoms with Crippen molar-refractivity contribution in [3.8, 4) is 6.07 Å². The van der Waals surface area contributed by atoms with Gasteiger partial charge in [-0.3, -0.25) is 4.98 Å². The highest BCUT2D eigenvalue weighted by atomic mass is 32.2. The van der Waals surface area contributed by atoms with Crippen molar-refractivity contribution in [3.63, 3.8) is 0 Å². The minimum atomic E-state index is 0.139. The Kier molecular flexibility index (Phi) is 2.01. The largest absolute Gasteiger partial charge is 0.264 e. The average molecular weight is 176 g/mol. The van der Waals surface area contributed by atoms with Gasteiger partial charge in [-0.05, 0) is 24.5 Å². The summed E-state index contributed by atoms with van der Waals surface area (Å²) < 4.78 is 0. The van der Waals surface area contributed by atoms with Gasteiger partial charge in [-0.25, -0.2) is 0 Å². The molecule has 0 fully saturated rings. The Hall–Kier alpha value is -1.01. The zero-order valence-electron chi connectivity index (χ0n) is 6.53. The second kappa shape index (κ2) is 3.16. The van der Waals surface area contributed by atoms with Crippen LogP contribution >= 0.6 is 11.8 Å². The Bertz CT molecular complexity index is 330. The fraction of sp³-hybridized carbons (Fsp3) is 0.333. The fourth-order valence-corrected chi connectivity index (χ4v) is 2.35. The van der Waals surface area contributed by atoms with Crippen LogP contribution in [-0.4, -0.2) is 10.2 Å². The zero-order valence-corrected chi connectivity index (χ0v) is 7.34. The summed E-state index contributed by atoms with van der Waals surface area (Å²) in [7, 11) is 0. The molecule has 0 saturated carbocycles. The molecule has 1 atom stereocenters. The molecule has 0 saturated heterocycles. The van der Waals surface area contributed by atoms with Gasteiger partial charge in [0.05, 0.1) is 11.3 Å². The number of aryl methyl sites for hydroxylation is 1. The Morgan fingerprint density at radius 2 is 2.58 bits per heavy atom. The fourth-order valence-electron chi connectivity index (χ4n) is 1.31. The van der Waals surface area contributed by atoms with E-state index in [2.05, 4.69) is 11.1 Å². The van der Waals surface area contributed by atoms with Crippen molar-refractivity contribution in [2.75, 3.05) is 0 Å². The number of thioether (sulfide) groups is 1. The molecule has 2 heterocycles. The summed E-state index contributed by atoms with van der Waals surface area (Å²) in [5, 5.41) is 8.87. The molecule has 0 aliphatic carbocycles. The molecule has 12 heavy (non-hydrogen) atoms. The van der Waals surface area contributed by atoms with Gasteiger partial charge in [0.15, 0.2) is 0 Å². The Labute approximate surface area is 75.6 Å². The SMILES string of the molecule is N#CC1CCc2cnccc2S1. The van der Waals surface area contributed by atoms with Crippen LogP contribution in [0.5, 0.6) is 0 Å². The van der Waals surface area contributed by atoms with Gasteiger partial charge >= 0.3 is 0 Å². The lowest BCUT2D eigenvalue weighted by Gasteiger charge is -2.17. The molecular weight excluding hydrogens is 168 g/mol. The van der Waals surface area contributed by atoms with Gasteiger partial charge in [0.25, 0.3) is 0 Å².